The second-order valence-electron chi connectivity index (χ2n) is 8.02. The summed E-state index contributed by atoms with van der Waals surface area (Å²) in [4.78, 5) is 26.7. The van der Waals surface area contributed by atoms with E-state index >= 15 is 0 Å². The van der Waals surface area contributed by atoms with E-state index in [4.69, 9.17) is 25.3 Å². The summed E-state index contributed by atoms with van der Waals surface area (Å²) in [6.07, 6.45) is 1.55. The number of ether oxygens (including phenoxy) is 2. The van der Waals surface area contributed by atoms with E-state index in [1.165, 1.54) is 19.2 Å². The number of hydrogen-bond acceptors (Lipinski definition) is 8. The van der Waals surface area contributed by atoms with Crippen LogP contribution in [0.15, 0.2) is 70.5 Å². The van der Waals surface area contributed by atoms with Crippen molar-refractivity contribution in [1.29, 1.82) is 0 Å². The molecule has 1 aliphatic heterocycles. The van der Waals surface area contributed by atoms with Crippen molar-refractivity contribution in [3.63, 3.8) is 0 Å². The van der Waals surface area contributed by atoms with E-state index in [1.54, 1.807) is 54.6 Å². The minimum absolute atomic E-state index is 0.0127. The molecule has 1 fully saturated rings. The van der Waals surface area contributed by atoms with Gasteiger partial charge in [0.05, 0.1) is 22.1 Å². The summed E-state index contributed by atoms with van der Waals surface area (Å²) in [7, 11) is -2.72. The fourth-order valence-corrected chi connectivity index (χ4v) is 6.23. The number of carbonyl (C=O) groups is 2. The third kappa shape index (κ3) is 6.63. The van der Waals surface area contributed by atoms with Gasteiger partial charge in [-0.2, -0.15) is 8.42 Å². The molecule has 1 aliphatic rings. The van der Waals surface area contributed by atoms with Crippen LogP contribution < -0.4 is 13.7 Å². The van der Waals surface area contributed by atoms with Crippen LogP contribution in [0.2, 0.25) is 5.02 Å². The Balaban J connectivity index is 1.49. The van der Waals surface area contributed by atoms with E-state index in [0.29, 0.717) is 19.9 Å². The maximum atomic E-state index is 12.9. The van der Waals surface area contributed by atoms with Crippen molar-refractivity contribution in [2.24, 2.45) is 0 Å². The molecule has 0 spiro atoms. The highest BCUT2D eigenvalue weighted by molar-refractivity contribution is 14.1. The van der Waals surface area contributed by atoms with Gasteiger partial charge in [0.15, 0.2) is 11.5 Å². The smallest absolute Gasteiger partial charge is 0.339 e. The number of nitrogens with zero attached hydrogens (tertiary/aromatic N) is 1. The lowest BCUT2D eigenvalue weighted by Crippen LogP contribution is -2.32. The Kier molecular flexibility index (Phi) is 8.91. The van der Waals surface area contributed by atoms with E-state index in [0.717, 1.165) is 22.2 Å². The number of carbonyl (C=O) groups excluding carboxylic acids is 2. The molecule has 3 aromatic rings. The molecule has 198 valence electrons. The van der Waals surface area contributed by atoms with E-state index in [9.17, 15) is 18.0 Å². The van der Waals surface area contributed by atoms with Gasteiger partial charge in [0.25, 0.3) is 11.1 Å². The number of thioether (sulfide) groups is 1. The highest BCUT2D eigenvalue weighted by atomic mass is 127. The molecule has 0 saturated carbocycles. The largest absolute Gasteiger partial charge is 0.493 e. The normalized spacial score (nSPS) is 14.7. The van der Waals surface area contributed by atoms with Crippen LogP contribution in [0.4, 0.5) is 4.79 Å². The number of benzene rings is 3. The Morgan fingerprint density at radius 2 is 1.74 bits per heavy atom. The predicted octanol–water partition coefficient (Wildman–Crippen LogP) is 6.14. The van der Waals surface area contributed by atoms with E-state index in [-0.39, 0.29) is 34.5 Å². The fourth-order valence-electron chi connectivity index (χ4n) is 3.40. The van der Waals surface area contributed by atoms with Crippen molar-refractivity contribution < 1.29 is 31.7 Å². The fraction of sp³-hybridized carbons (Fsp3) is 0.154. The number of aryl methyl sites for hydroxylation is 1. The highest BCUT2D eigenvalue weighted by Crippen LogP contribution is 2.38. The topological polar surface area (TPSA) is 99.2 Å². The number of hydrogen-bond donors (Lipinski definition) is 0. The van der Waals surface area contributed by atoms with Crippen molar-refractivity contribution >= 4 is 73.3 Å². The van der Waals surface area contributed by atoms with Crippen LogP contribution in [0.3, 0.4) is 0 Å². The van der Waals surface area contributed by atoms with Gasteiger partial charge in [-0.05, 0) is 101 Å². The second-order valence-corrected chi connectivity index (χ2v) is 12.2. The maximum absolute atomic E-state index is 12.9. The van der Waals surface area contributed by atoms with Crippen molar-refractivity contribution in [3.05, 3.63) is 85.3 Å². The Labute approximate surface area is 243 Å². The Bertz CT molecular complexity index is 1510. The van der Waals surface area contributed by atoms with Crippen molar-refractivity contribution in [2.45, 2.75) is 11.8 Å². The maximum Gasteiger partial charge on any atom is 0.339 e. The molecule has 8 nitrogen and oxygen atoms in total. The molecule has 38 heavy (non-hydrogen) atoms. The minimum atomic E-state index is -4.10. The van der Waals surface area contributed by atoms with Gasteiger partial charge >= 0.3 is 10.1 Å². The van der Waals surface area contributed by atoms with Gasteiger partial charge in [-0.3, -0.25) is 14.5 Å². The van der Waals surface area contributed by atoms with Gasteiger partial charge in [0.2, 0.25) is 0 Å². The summed E-state index contributed by atoms with van der Waals surface area (Å²) in [6.45, 7) is 2.06. The molecule has 0 aromatic heterocycles. The summed E-state index contributed by atoms with van der Waals surface area (Å²) in [6, 6.07) is 16.2. The zero-order chi connectivity index (χ0) is 27.4. The molecule has 0 radical (unpaired) electrons. The van der Waals surface area contributed by atoms with Gasteiger partial charge < -0.3 is 13.7 Å². The first kappa shape index (κ1) is 28.3. The molecule has 2 amide bonds. The Morgan fingerprint density at radius 3 is 2.39 bits per heavy atom. The van der Waals surface area contributed by atoms with Crippen LogP contribution in [0.1, 0.15) is 11.1 Å². The lowest BCUT2D eigenvalue weighted by molar-refractivity contribution is -0.123. The molecule has 4 rings (SSSR count). The zero-order valence-electron chi connectivity index (χ0n) is 20.1. The second kappa shape index (κ2) is 12.0. The molecular formula is C26H21ClINO7S2. The summed E-state index contributed by atoms with van der Waals surface area (Å²) in [5, 5.41) is 0.166. The first-order valence-electron chi connectivity index (χ1n) is 11.1. The van der Waals surface area contributed by atoms with E-state index in [1.807, 2.05) is 29.5 Å². The van der Waals surface area contributed by atoms with Crippen LogP contribution in [-0.2, 0) is 14.9 Å². The van der Waals surface area contributed by atoms with Gasteiger partial charge in [-0.1, -0.05) is 29.3 Å². The van der Waals surface area contributed by atoms with Crippen LogP contribution in [0.25, 0.3) is 6.08 Å². The summed E-state index contributed by atoms with van der Waals surface area (Å²) in [5.74, 6) is 0.314. The molecule has 0 unspecified atom stereocenters. The summed E-state index contributed by atoms with van der Waals surface area (Å²) in [5.41, 5.74) is 1.45. The van der Waals surface area contributed by atoms with E-state index in [2.05, 4.69) is 0 Å². The first-order chi connectivity index (χ1) is 18.1. The number of amides is 2. The lowest BCUT2D eigenvalue weighted by atomic mass is 10.2. The van der Waals surface area contributed by atoms with Gasteiger partial charge in [0.1, 0.15) is 17.3 Å². The monoisotopic (exact) mass is 685 g/mol. The third-order valence-corrected chi connectivity index (χ3v) is 8.52. The third-order valence-electron chi connectivity index (χ3n) is 5.32. The van der Waals surface area contributed by atoms with Crippen molar-refractivity contribution in [2.75, 3.05) is 20.3 Å². The molecule has 12 heteroatoms. The minimum Gasteiger partial charge on any atom is -0.493 e. The standard InChI is InChI=1S/C26H21ClINO7S2/c1-16-3-9-20(10-4-16)38(32,33)36-24-21(28)13-17(14-22(24)34-2)15-23-25(30)29(26(31)37-23)11-12-35-19-7-5-18(27)6-8-19/h3-10,13-15H,11-12H2,1-2H3/b23-15-. The van der Waals surface area contributed by atoms with Gasteiger partial charge in [0, 0.05) is 5.02 Å². The molecule has 0 bridgehead atoms. The molecule has 3 aromatic carbocycles. The molecular weight excluding hydrogens is 665 g/mol. The van der Waals surface area contributed by atoms with Crippen LogP contribution in [-0.4, -0.2) is 44.7 Å². The SMILES string of the molecule is COc1cc(/C=C2\SC(=O)N(CCOc3ccc(Cl)cc3)C2=O)cc(I)c1OS(=O)(=O)c1ccc(C)cc1. The molecule has 0 atom stereocenters. The molecule has 1 heterocycles. The average molecular weight is 686 g/mol. The van der Waals surface area contributed by atoms with E-state index < -0.39 is 21.3 Å². The number of rotatable bonds is 9. The summed E-state index contributed by atoms with van der Waals surface area (Å²) < 4.78 is 42.4. The molecule has 0 aliphatic carbocycles. The van der Waals surface area contributed by atoms with Crippen molar-refractivity contribution in [3.8, 4) is 17.2 Å². The predicted molar refractivity (Wildman–Crippen MR) is 154 cm³/mol. The summed E-state index contributed by atoms with van der Waals surface area (Å²) >= 11 is 8.61. The first-order valence-corrected chi connectivity index (χ1v) is 14.8. The van der Waals surface area contributed by atoms with Crippen LogP contribution >= 0.6 is 46.0 Å². The van der Waals surface area contributed by atoms with Crippen molar-refractivity contribution in [1.82, 2.24) is 4.90 Å². The van der Waals surface area contributed by atoms with Crippen LogP contribution in [0.5, 0.6) is 17.2 Å². The number of methoxy groups -OCH3 is 1. The average Bonchev–Trinajstić information content (AvgIpc) is 3.14. The van der Waals surface area contributed by atoms with Gasteiger partial charge in [-0.25, -0.2) is 0 Å². The number of imide groups is 1. The Morgan fingerprint density at radius 1 is 1.05 bits per heavy atom. The highest BCUT2D eigenvalue weighted by Gasteiger charge is 2.35. The lowest BCUT2D eigenvalue weighted by Gasteiger charge is -2.14. The zero-order valence-corrected chi connectivity index (χ0v) is 24.7. The number of halogens is 2. The molecule has 0 N–H and O–H groups in total. The van der Waals surface area contributed by atoms with Crippen LogP contribution in [0, 0.1) is 10.5 Å². The Hall–Kier alpha value is -2.74. The molecule has 1 saturated heterocycles. The quantitative estimate of drug-likeness (QED) is 0.151. The van der Waals surface area contributed by atoms with Gasteiger partial charge in [-0.15, -0.1) is 0 Å².